The monoisotopic (exact) mass is 286 g/mol. The zero-order valence-electron chi connectivity index (χ0n) is 12.6. The van der Waals surface area contributed by atoms with Crippen molar-refractivity contribution in [3.8, 4) is 11.6 Å². The normalized spacial score (nSPS) is 12.1. The van der Waals surface area contributed by atoms with Crippen LogP contribution >= 0.6 is 0 Å². The third-order valence-electron chi connectivity index (χ3n) is 3.09. The summed E-state index contributed by atoms with van der Waals surface area (Å²) in [4.78, 5) is 4.16. The summed E-state index contributed by atoms with van der Waals surface area (Å²) < 4.78 is 11.6. The standard InChI is InChI=1S/C17H22N2O2/c1-3-11-20-13(2)12-14-7-4-5-9-16(14)21-17-15(18)8-6-10-19-17/h4-10,13H,3,11-12,18H2,1-2H3. The fourth-order valence-electron chi connectivity index (χ4n) is 2.05. The molecule has 0 aliphatic heterocycles. The van der Waals surface area contributed by atoms with Crippen molar-refractivity contribution in [3.63, 3.8) is 0 Å². The van der Waals surface area contributed by atoms with Crippen molar-refractivity contribution in [1.29, 1.82) is 0 Å². The lowest BCUT2D eigenvalue weighted by Crippen LogP contribution is -2.12. The molecule has 1 heterocycles. The summed E-state index contributed by atoms with van der Waals surface area (Å²) in [7, 11) is 0. The number of pyridine rings is 1. The van der Waals surface area contributed by atoms with Gasteiger partial charge in [-0.2, -0.15) is 0 Å². The molecule has 1 unspecified atom stereocenters. The first kappa shape index (κ1) is 15.3. The molecule has 1 aromatic heterocycles. The highest BCUT2D eigenvalue weighted by molar-refractivity contribution is 5.49. The van der Waals surface area contributed by atoms with Gasteiger partial charge in [0.1, 0.15) is 5.75 Å². The third kappa shape index (κ3) is 4.46. The highest BCUT2D eigenvalue weighted by Crippen LogP contribution is 2.28. The number of hydrogen-bond acceptors (Lipinski definition) is 4. The van der Waals surface area contributed by atoms with Gasteiger partial charge in [0.2, 0.25) is 5.88 Å². The lowest BCUT2D eigenvalue weighted by Gasteiger charge is -2.16. The zero-order chi connectivity index (χ0) is 15.1. The number of benzene rings is 1. The van der Waals surface area contributed by atoms with Crippen molar-refractivity contribution >= 4 is 5.69 Å². The molecular weight excluding hydrogens is 264 g/mol. The second-order valence-corrected chi connectivity index (χ2v) is 4.99. The predicted octanol–water partition coefficient (Wildman–Crippen LogP) is 3.81. The van der Waals surface area contributed by atoms with Crippen molar-refractivity contribution in [2.24, 2.45) is 0 Å². The van der Waals surface area contributed by atoms with Gasteiger partial charge in [-0.15, -0.1) is 0 Å². The molecule has 0 fully saturated rings. The summed E-state index contributed by atoms with van der Waals surface area (Å²) >= 11 is 0. The van der Waals surface area contributed by atoms with Crippen LogP contribution in [0.1, 0.15) is 25.8 Å². The van der Waals surface area contributed by atoms with E-state index in [-0.39, 0.29) is 6.10 Å². The summed E-state index contributed by atoms with van der Waals surface area (Å²) in [5.41, 5.74) is 7.49. The minimum Gasteiger partial charge on any atom is -0.437 e. The fourth-order valence-corrected chi connectivity index (χ4v) is 2.05. The molecule has 0 saturated carbocycles. The largest absolute Gasteiger partial charge is 0.437 e. The maximum Gasteiger partial charge on any atom is 0.242 e. The van der Waals surface area contributed by atoms with Crippen LogP contribution in [-0.2, 0) is 11.2 Å². The van der Waals surface area contributed by atoms with Crippen LogP contribution in [0.25, 0.3) is 0 Å². The quantitative estimate of drug-likeness (QED) is 0.840. The van der Waals surface area contributed by atoms with E-state index in [0.717, 1.165) is 30.8 Å². The molecule has 112 valence electrons. The third-order valence-corrected chi connectivity index (χ3v) is 3.09. The first-order valence-electron chi connectivity index (χ1n) is 7.28. The van der Waals surface area contributed by atoms with E-state index in [2.05, 4.69) is 18.8 Å². The topological polar surface area (TPSA) is 57.4 Å². The molecule has 4 heteroatoms. The van der Waals surface area contributed by atoms with Crippen LogP contribution in [0.15, 0.2) is 42.6 Å². The zero-order valence-corrected chi connectivity index (χ0v) is 12.6. The summed E-state index contributed by atoms with van der Waals surface area (Å²) in [5, 5.41) is 0. The van der Waals surface area contributed by atoms with Gasteiger partial charge in [0, 0.05) is 19.2 Å². The number of anilines is 1. The Morgan fingerprint density at radius 3 is 2.76 bits per heavy atom. The number of ether oxygens (including phenoxy) is 2. The van der Waals surface area contributed by atoms with Crippen molar-refractivity contribution in [2.75, 3.05) is 12.3 Å². The smallest absolute Gasteiger partial charge is 0.242 e. The Labute approximate surface area is 125 Å². The van der Waals surface area contributed by atoms with Gasteiger partial charge in [0.25, 0.3) is 0 Å². The Kier molecular flexibility index (Phi) is 5.58. The van der Waals surface area contributed by atoms with E-state index in [9.17, 15) is 0 Å². The van der Waals surface area contributed by atoms with Gasteiger partial charge in [0.05, 0.1) is 11.8 Å². The second kappa shape index (κ2) is 7.64. The van der Waals surface area contributed by atoms with Gasteiger partial charge in [-0.05, 0) is 37.1 Å². The maximum absolute atomic E-state index is 5.87. The first-order chi connectivity index (χ1) is 10.2. The van der Waals surface area contributed by atoms with Crippen LogP contribution in [0.4, 0.5) is 5.69 Å². The first-order valence-corrected chi connectivity index (χ1v) is 7.28. The average molecular weight is 286 g/mol. The van der Waals surface area contributed by atoms with E-state index in [4.69, 9.17) is 15.2 Å². The van der Waals surface area contributed by atoms with E-state index < -0.39 is 0 Å². The molecule has 2 aromatic rings. The highest BCUT2D eigenvalue weighted by atomic mass is 16.5. The van der Waals surface area contributed by atoms with Gasteiger partial charge < -0.3 is 15.2 Å². The minimum atomic E-state index is 0.149. The summed E-state index contributed by atoms with van der Waals surface area (Å²) in [6, 6.07) is 11.5. The Morgan fingerprint density at radius 2 is 2.00 bits per heavy atom. The number of nitrogens with zero attached hydrogens (tertiary/aromatic N) is 1. The summed E-state index contributed by atoms with van der Waals surface area (Å²) in [6.45, 7) is 4.95. The van der Waals surface area contributed by atoms with E-state index in [0.29, 0.717) is 11.6 Å². The van der Waals surface area contributed by atoms with Crippen molar-refractivity contribution in [3.05, 3.63) is 48.2 Å². The van der Waals surface area contributed by atoms with Crippen LogP contribution in [0, 0.1) is 0 Å². The molecule has 0 saturated heterocycles. The van der Waals surface area contributed by atoms with E-state index >= 15 is 0 Å². The number of aromatic nitrogens is 1. The highest BCUT2D eigenvalue weighted by Gasteiger charge is 2.11. The van der Waals surface area contributed by atoms with Gasteiger partial charge in [0.15, 0.2) is 0 Å². The molecule has 0 aliphatic carbocycles. The molecule has 1 atom stereocenters. The molecule has 2 rings (SSSR count). The summed E-state index contributed by atoms with van der Waals surface area (Å²) in [5.74, 6) is 1.21. The number of hydrogen-bond donors (Lipinski definition) is 1. The Bertz CT molecular complexity index is 572. The predicted molar refractivity (Wildman–Crippen MR) is 84.6 cm³/mol. The Balaban J connectivity index is 2.12. The van der Waals surface area contributed by atoms with Crippen LogP contribution in [0.3, 0.4) is 0 Å². The molecular formula is C17H22N2O2. The number of rotatable bonds is 7. The number of para-hydroxylation sites is 1. The Morgan fingerprint density at radius 1 is 1.19 bits per heavy atom. The van der Waals surface area contributed by atoms with Gasteiger partial charge in [-0.3, -0.25) is 0 Å². The summed E-state index contributed by atoms with van der Waals surface area (Å²) in [6.07, 6.45) is 3.63. The Hall–Kier alpha value is -2.07. The number of nitrogen functional groups attached to an aromatic ring is 1. The molecule has 0 aliphatic rings. The lowest BCUT2D eigenvalue weighted by molar-refractivity contribution is 0.0666. The number of nitrogens with two attached hydrogens (primary N) is 1. The molecule has 2 N–H and O–H groups in total. The second-order valence-electron chi connectivity index (χ2n) is 4.99. The molecule has 4 nitrogen and oxygen atoms in total. The van der Waals surface area contributed by atoms with Crippen LogP contribution in [0.5, 0.6) is 11.6 Å². The van der Waals surface area contributed by atoms with Gasteiger partial charge in [-0.25, -0.2) is 4.98 Å². The van der Waals surface area contributed by atoms with E-state index in [1.165, 1.54) is 0 Å². The van der Waals surface area contributed by atoms with Crippen LogP contribution < -0.4 is 10.5 Å². The molecule has 1 aromatic carbocycles. The lowest BCUT2D eigenvalue weighted by atomic mass is 10.1. The van der Waals surface area contributed by atoms with Crippen LogP contribution in [0.2, 0.25) is 0 Å². The molecule has 0 bridgehead atoms. The maximum atomic E-state index is 5.87. The molecule has 0 radical (unpaired) electrons. The van der Waals surface area contributed by atoms with E-state index in [1.54, 1.807) is 18.3 Å². The van der Waals surface area contributed by atoms with Gasteiger partial charge >= 0.3 is 0 Å². The average Bonchev–Trinajstić information content (AvgIpc) is 2.49. The van der Waals surface area contributed by atoms with E-state index in [1.807, 2.05) is 24.3 Å². The van der Waals surface area contributed by atoms with Crippen molar-refractivity contribution < 1.29 is 9.47 Å². The molecule has 21 heavy (non-hydrogen) atoms. The SMILES string of the molecule is CCCOC(C)Cc1ccccc1Oc1ncccc1N. The van der Waals surface area contributed by atoms with Crippen LogP contribution in [-0.4, -0.2) is 17.7 Å². The fraction of sp³-hybridized carbons (Fsp3) is 0.353. The molecule has 0 amide bonds. The molecule has 0 spiro atoms. The minimum absolute atomic E-state index is 0.149. The van der Waals surface area contributed by atoms with Crippen molar-refractivity contribution in [2.45, 2.75) is 32.8 Å². The van der Waals surface area contributed by atoms with Crippen molar-refractivity contribution in [1.82, 2.24) is 4.98 Å². The van der Waals surface area contributed by atoms with Gasteiger partial charge in [-0.1, -0.05) is 25.1 Å².